The minimum atomic E-state index is -1.25. The molecule has 1 unspecified atom stereocenters. The lowest BCUT2D eigenvalue weighted by atomic mass is 9.92. The van der Waals surface area contributed by atoms with Gasteiger partial charge in [0, 0.05) is 7.05 Å². The van der Waals surface area contributed by atoms with Crippen LogP contribution in [0.2, 0.25) is 0 Å². The number of nitrogens with one attached hydrogen (secondary N) is 1. The van der Waals surface area contributed by atoms with E-state index in [0.29, 0.717) is 17.9 Å². The third kappa shape index (κ3) is 3.85. The molecule has 0 aliphatic carbocycles. The normalized spacial score (nSPS) is 19.3. The van der Waals surface area contributed by atoms with Crippen LogP contribution in [0.1, 0.15) is 19.4 Å². The molecule has 1 aliphatic rings. The molecule has 0 spiro atoms. The monoisotopic (exact) mass is 361 g/mol. The second-order valence-corrected chi connectivity index (χ2v) is 6.29. The number of carbonyl (C=O) groups is 3. The smallest absolute Gasteiger partial charge is 0.325 e. The van der Waals surface area contributed by atoms with Crippen molar-refractivity contribution in [2.45, 2.75) is 19.4 Å². The van der Waals surface area contributed by atoms with Crippen molar-refractivity contribution in [3.8, 4) is 5.75 Å². The fourth-order valence-corrected chi connectivity index (χ4v) is 2.46. The van der Waals surface area contributed by atoms with Crippen LogP contribution < -0.4 is 10.1 Å². The third-order valence-electron chi connectivity index (χ3n) is 4.11. The van der Waals surface area contributed by atoms with Gasteiger partial charge in [0.25, 0.3) is 11.8 Å². The van der Waals surface area contributed by atoms with Crippen molar-refractivity contribution >= 4 is 17.8 Å². The van der Waals surface area contributed by atoms with E-state index >= 15 is 0 Å². The van der Waals surface area contributed by atoms with E-state index in [-0.39, 0.29) is 0 Å². The SMILES string of the molecule is C=C(C)COc1ccc(C2(C)NC(=O)N(CC(=O)N(C)OC)C2=O)cc1. The van der Waals surface area contributed by atoms with E-state index in [1.807, 2.05) is 6.92 Å². The van der Waals surface area contributed by atoms with Gasteiger partial charge >= 0.3 is 6.03 Å². The minimum absolute atomic E-state index is 0.398. The Morgan fingerprint density at radius 2 is 1.92 bits per heavy atom. The van der Waals surface area contributed by atoms with Crippen molar-refractivity contribution in [3.63, 3.8) is 0 Å². The summed E-state index contributed by atoms with van der Waals surface area (Å²) >= 11 is 0. The second kappa shape index (κ2) is 7.57. The van der Waals surface area contributed by atoms with Gasteiger partial charge in [0.15, 0.2) is 0 Å². The number of hydrogen-bond acceptors (Lipinski definition) is 5. The van der Waals surface area contributed by atoms with E-state index in [1.165, 1.54) is 14.2 Å². The molecule has 0 aromatic heterocycles. The summed E-state index contributed by atoms with van der Waals surface area (Å²) in [5.41, 5.74) is 0.227. The highest BCUT2D eigenvalue weighted by atomic mass is 16.7. The summed E-state index contributed by atoms with van der Waals surface area (Å²) in [7, 11) is 2.73. The lowest BCUT2D eigenvalue weighted by Gasteiger charge is -2.23. The Balaban J connectivity index is 2.16. The molecule has 0 saturated carbocycles. The molecule has 2 rings (SSSR count). The average molecular weight is 361 g/mol. The predicted molar refractivity (Wildman–Crippen MR) is 94.1 cm³/mol. The number of likely N-dealkylation sites (N-methyl/N-ethyl adjacent to an activating group) is 1. The molecule has 0 bridgehead atoms. The number of imide groups is 1. The zero-order valence-corrected chi connectivity index (χ0v) is 15.4. The van der Waals surface area contributed by atoms with Crippen LogP contribution in [0.5, 0.6) is 5.75 Å². The van der Waals surface area contributed by atoms with Crippen LogP contribution in [-0.4, -0.2) is 55.1 Å². The van der Waals surface area contributed by atoms with E-state index in [1.54, 1.807) is 31.2 Å². The van der Waals surface area contributed by atoms with Crippen LogP contribution in [0.25, 0.3) is 0 Å². The van der Waals surface area contributed by atoms with Gasteiger partial charge in [-0.2, -0.15) is 0 Å². The third-order valence-corrected chi connectivity index (χ3v) is 4.11. The van der Waals surface area contributed by atoms with E-state index in [9.17, 15) is 14.4 Å². The quantitative estimate of drug-likeness (QED) is 0.451. The van der Waals surface area contributed by atoms with E-state index in [2.05, 4.69) is 11.9 Å². The summed E-state index contributed by atoms with van der Waals surface area (Å²) in [4.78, 5) is 42.6. The first-order valence-corrected chi connectivity index (χ1v) is 8.01. The summed E-state index contributed by atoms with van der Waals surface area (Å²) < 4.78 is 5.53. The van der Waals surface area contributed by atoms with E-state index < -0.39 is 29.9 Å². The molecule has 0 radical (unpaired) electrons. The molecule has 140 valence electrons. The number of nitrogens with zero attached hydrogens (tertiary/aromatic N) is 2. The molecule has 8 nitrogen and oxygen atoms in total. The number of benzene rings is 1. The fraction of sp³-hybridized carbons (Fsp3) is 0.389. The van der Waals surface area contributed by atoms with Gasteiger partial charge in [-0.1, -0.05) is 18.7 Å². The Morgan fingerprint density at radius 3 is 2.46 bits per heavy atom. The van der Waals surface area contributed by atoms with Gasteiger partial charge in [-0.3, -0.25) is 19.3 Å². The Bertz CT molecular complexity index is 731. The molecule has 1 aromatic rings. The van der Waals surface area contributed by atoms with Crippen molar-refractivity contribution in [1.82, 2.24) is 15.3 Å². The van der Waals surface area contributed by atoms with Gasteiger partial charge in [-0.05, 0) is 37.1 Å². The number of amides is 4. The number of carbonyl (C=O) groups excluding carboxylic acids is 3. The van der Waals surface area contributed by atoms with Gasteiger partial charge in [0.05, 0.1) is 7.11 Å². The van der Waals surface area contributed by atoms with Crippen LogP contribution in [0.15, 0.2) is 36.4 Å². The van der Waals surface area contributed by atoms with Crippen LogP contribution in [-0.2, 0) is 20.0 Å². The highest BCUT2D eigenvalue weighted by Gasteiger charge is 2.49. The van der Waals surface area contributed by atoms with Crippen molar-refractivity contribution in [3.05, 3.63) is 42.0 Å². The Labute approximate surface area is 152 Å². The van der Waals surface area contributed by atoms with Crippen molar-refractivity contribution in [1.29, 1.82) is 0 Å². The van der Waals surface area contributed by atoms with Crippen molar-refractivity contribution < 1.29 is 24.0 Å². The van der Waals surface area contributed by atoms with Gasteiger partial charge in [-0.25, -0.2) is 9.86 Å². The molecule has 1 heterocycles. The van der Waals surface area contributed by atoms with Crippen LogP contribution in [0.4, 0.5) is 4.79 Å². The Hall–Kier alpha value is -2.87. The molecule has 1 N–H and O–H groups in total. The molecular weight excluding hydrogens is 338 g/mol. The maximum Gasteiger partial charge on any atom is 0.325 e. The van der Waals surface area contributed by atoms with Gasteiger partial charge < -0.3 is 10.1 Å². The van der Waals surface area contributed by atoms with Gasteiger partial charge in [0.1, 0.15) is 24.4 Å². The second-order valence-electron chi connectivity index (χ2n) is 6.29. The molecular formula is C18H23N3O5. The van der Waals surface area contributed by atoms with Crippen molar-refractivity contribution in [2.24, 2.45) is 0 Å². The highest BCUT2D eigenvalue weighted by Crippen LogP contribution is 2.30. The largest absolute Gasteiger partial charge is 0.489 e. The highest BCUT2D eigenvalue weighted by molar-refractivity contribution is 6.09. The first kappa shape index (κ1) is 19.5. The van der Waals surface area contributed by atoms with Crippen LogP contribution >= 0.6 is 0 Å². The van der Waals surface area contributed by atoms with Crippen LogP contribution in [0, 0.1) is 0 Å². The fourth-order valence-electron chi connectivity index (χ4n) is 2.46. The summed E-state index contributed by atoms with van der Waals surface area (Å²) in [6, 6.07) is 6.22. The topological polar surface area (TPSA) is 88.2 Å². The molecule has 1 fully saturated rings. The van der Waals surface area contributed by atoms with Gasteiger partial charge in [-0.15, -0.1) is 0 Å². The molecule has 26 heavy (non-hydrogen) atoms. The molecule has 4 amide bonds. The Kier molecular flexibility index (Phi) is 5.66. The number of rotatable bonds is 7. The average Bonchev–Trinajstić information content (AvgIpc) is 2.83. The summed E-state index contributed by atoms with van der Waals surface area (Å²) in [5.74, 6) is -0.384. The lowest BCUT2D eigenvalue weighted by molar-refractivity contribution is -0.170. The number of urea groups is 1. The summed E-state index contributed by atoms with van der Waals surface area (Å²) in [6.45, 7) is 7.23. The van der Waals surface area contributed by atoms with E-state index in [0.717, 1.165) is 15.5 Å². The predicted octanol–water partition coefficient (Wildman–Crippen LogP) is 1.43. The minimum Gasteiger partial charge on any atom is -0.489 e. The molecule has 1 saturated heterocycles. The maximum atomic E-state index is 12.8. The van der Waals surface area contributed by atoms with Gasteiger partial charge in [0.2, 0.25) is 0 Å². The first-order valence-electron chi connectivity index (χ1n) is 8.01. The standard InChI is InChI=1S/C18H23N3O5/c1-12(2)11-26-14-8-6-13(7-9-14)18(3)16(23)21(17(24)19-18)10-15(22)20(4)25-5/h6-9H,1,10-11H2,2-5H3,(H,19,24). The number of hydroxylamine groups is 2. The number of ether oxygens (including phenoxy) is 1. The molecule has 1 aliphatic heterocycles. The molecule has 1 aromatic carbocycles. The zero-order valence-electron chi connectivity index (χ0n) is 15.4. The first-order chi connectivity index (χ1) is 12.2. The van der Waals surface area contributed by atoms with E-state index in [4.69, 9.17) is 9.57 Å². The van der Waals surface area contributed by atoms with Crippen LogP contribution in [0.3, 0.4) is 0 Å². The molecule has 1 atom stereocenters. The molecule has 8 heteroatoms. The summed E-state index contributed by atoms with van der Waals surface area (Å²) in [6.07, 6.45) is 0. The lowest BCUT2D eigenvalue weighted by Crippen LogP contribution is -2.43. The van der Waals surface area contributed by atoms with Crippen molar-refractivity contribution in [2.75, 3.05) is 27.3 Å². The maximum absolute atomic E-state index is 12.8. The zero-order chi connectivity index (χ0) is 19.5. The Morgan fingerprint density at radius 1 is 1.31 bits per heavy atom. The number of hydrogen-bond donors (Lipinski definition) is 1. The summed E-state index contributed by atoms with van der Waals surface area (Å²) in [5, 5.41) is 3.61.